The van der Waals surface area contributed by atoms with Crippen LogP contribution in [-0.4, -0.2) is 23.9 Å². The second kappa shape index (κ2) is 6.59. The van der Waals surface area contributed by atoms with Crippen LogP contribution >= 0.6 is 0 Å². The van der Waals surface area contributed by atoms with Gasteiger partial charge < -0.3 is 10.1 Å². The van der Waals surface area contributed by atoms with E-state index in [2.05, 4.69) is 5.32 Å². The lowest BCUT2D eigenvalue weighted by molar-refractivity contribution is -0.132. The Kier molecular flexibility index (Phi) is 4.49. The lowest BCUT2D eigenvalue weighted by Gasteiger charge is -2.26. The second-order valence-corrected chi connectivity index (χ2v) is 6.26. The Morgan fingerprint density at radius 3 is 2.48 bits per heavy atom. The highest BCUT2D eigenvalue weighted by Gasteiger charge is 2.51. The van der Waals surface area contributed by atoms with Crippen molar-refractivity contribution in [2.75, 3.05) is 7.11 Å². The average Bonchev–Trinajstić information content (AvgIpc) is 2.88. The molecule has 0 unspecified atom stereocenters. The topological polar surface area (TPSA) is 58.6 Å². The second-order valence-electron chi connectivity index (χ2n) is 6.26. The van der Waals surface area contributed by atoms with E-state index in [0.717, 1.165) is 16.7 Å². The van der Waals surface area contributed by atoms with E-state index in [1.165, 1.54) is 4.90 Å². The van der Waals surface area contributed by atoms with Crippen molar-refractivity contribution in [1.29, 1.82) is 0 Å². The van der Waals surface area contributed by atoms with Gasteiger partial charge >= 0.3 is 6.03 Å². The standard InChI is InChI=1S/C20H22N2O3/c1-4-20(16-8-6-5-7-9-16)18(23)22(19(24)21-20)13-15-12-14(2)10-11-17(15)25-3/h5-12H,4,13H2,1-3H3,(H,21,24)/t20-/m0/s1. The van der Waals surface area contributed by atoms with E-state index in [9.17, 15) is 9.59 Å². The number of imide groups is 1. The number of aryl methyl sites for hydroxylation is 1. The predicted octanol–water partition coefficient (Wildman–Crippen LogP) is 3.36. The third-order valence-electron chi connectivity index (χ3n) is 4.74. The average molecular weight is 338 g/mol. The maximum atomic E-state index is 13.2. The van der Waals surface area contributed by atoms with E-state index in [1.807, 2.05) is 62.4 Å². The van der Waals surface area contributed by atoms with E-state index in [4.69, 9.17) is 4.74 Å². The summed E-state index contributed by atoms with van der Waals surface area (Å²) in [7, 11) is 1.58. The van der Waals surface area contributed by atoms with E-state index < -0.39 is 5.54 Å². The molecule has 1 fully saturated rings. The zero-order valence-electron chi connectivity index (χ0n) is 14.7. The number of hydrogen-bond acceptors (Lipinski definition) is 3. The van der Waals surface area contributed by atoms with E-state index in [1.54, 1.807) is 7.11 Å². The van der Waals surface area contributed by atoms with Gasteiger partial charge in [-0.3, -0.25) is 9.69 Å². The Morgan fingerprint density at radius 2 is 1.84 bits per heavy atom. The first-order valence-corrected chi connectivity index (χ1v) is 8.35. The highest BCUT2D eigenvalue weighted by atomic mass is 16.5. The summed E-state index contributed by atoms with van der Waals surface area (Å²) in [4.78, 5) is 27.0. The molecule has 3 rings (SSSR count). The Bertz CT molecular complexity index is 804. The summed E-state index contributed by atoms with van der Waals surface area (Å²) in [6.45, 7) is 4.06. The number of carbonyl (C=O) groups excluding carboxylic acids is 2. The molecule has 3 amide bonds. The van der Waals surface area contributed by atoms with Crippen molar-refractivity contribution in [1.82, 2.24) is 10.2 Å². The fraction of sp³-hybridized carbons (Fsp3) is 0.300. The van der Waals surface area contributed by atoms with Crippen LogP contribution in [0.15, 0.2) is 48.5 Å². The maximum Gasteiger partial charge on any atom is 0.325 e. The summed E-state index contributed by atoms with van der Waals surface area (Å²) in [6, 6.07) is 14.7. The lowest BCUT2D eigenvalue weighted by atomic mass is 9.87. The third kappa shape index (κ3) is 2.86. The van der Waals surface area contributed by atoms with Crippen LogP contribution in [0.5, 0.6) is 5.75 Å². The van der Waals surface area contributed by atoms with Crippen molar-refractivity contribution in [2.24, 2.45) is 0 Å². The lowest BCUT2D eigenvalue weighted by Crippen LogP contribution is -2.43. The highest BCUT2D eigenvalue weighted by Crippen LogP contribution is 2.34. The minimum Gasteiger partial charge on any atom is -0.496 e. The van der Waals surface area contributed by atoms with Crippen LogP contribution in [0.4, 0.5) is 4.79 Å². The SMILES string of the molecule is CC[C@@]1(c2ccccc2)NC(=O)N(Cc2cc(C)ccc2OC)C1=O. The van der Waals surface area contributed by atoms with Crippen molar-refractivity contribution in [3.05, 3.63) is 65.2 Å². The van der Waals surface area contributed by atoms with Gasteiger partial charge in [0.2, 0.25) is 0 Å². The molecule has 25 heavy (non-hydrogen) atoms. The van der Waals surface area contributed by atoms with Crippen molar-refractivity contribution in [3.63, 3.8) is 0 Å². The molecule has 1 heterocycles. The molecule has 0 saturated carbocycles. The molecule has 1 aliphatic rings. The van der Waals surface area contributed by atoms with Gasteiger partial charge in [0.25, 0.3) is 5.91 Å². The van der Waals surface area contributed by atoms with Gasteiger partial charge in [0, 0.05) is 5.56 Å². The van der Waals surface area contributed by atoms with Crippen LogP contribution in [0.3, 0.4) is 0 Å². The first-order valence-electron chi connectivity index (χ1n) is 8.35. The summed E-state index contributed by atoms with van der Waals surface area (Å²) in [6.07, 6.45) is 0.489. The predicted molar refractivity (Wildman–Crippen MR) is 95.2 cm³/mol. The largest absolute Gasteiger partial charge is 0.496 e. The monoisotopic (exact) mass is 338 g/mol. The summed E-state index contributed by atoms with van der Waals surface area (Å²) >= 11 is 0. The Morgan fingerprint density at radius 1 is 1.12 bits per heavy atom. The molecule has 0 bridgehead atoms. The summed E-state index contributed by atoms with van der Waals surface area (Å²) in [5.41, 5.74) is 1.66. The van der Waals surface area contributed by atoms with E-state index >= 15 is 0 Å². The number of rotatable bonds is 5. The van der Waals surface area contributed by atoms with Crippen LogP contribution in [0, 0.1) is 6.92 Å². The van der Waals surface area contributed by atoms with Crippen LogP contribution in [0.1, 0.15) is 30.0 Å². The molecule has 1 aliphatic heterocycles. The first-order chi connectivity index (χ1) is 12.0. The molecular weight excluding hydrogens is 316 g/mol. The number of nitrogens with one attached hydrogen (secondary N) is 1. The Balaban J connectivity index is 1.96. The number of nitrogens with zero attached hydrogens (tertiary/aromatic N) is 1. The van der Waals surface area contributed by atoms with Crippen molar-refractivity contribution < 1.29 is 14.3 Å². The first kappa shape index (κ1) is 17.0. The van der Waals surface area contributed by atoms with Crippen molar-refractivity contribution in [3.8, 4) is 5.75 Å². The van der Waals surface area contributed by atoms with Crippen molar-refractivity contribution >= 4 is 11.9 Å². The third-order valence-corrected chi connectivity index (χ3v) is 4.74. The van der Waals surface area contributed by atoms with E-state index in [0.29, 0.717) is 12.2 Å². The minimum atomic E-state index is -1.00. The molecule has 130 valence electrons. The van der Waals surface area contributed by atoms with Gasteiger partial charge in [0.05, 0.1) is 13.7 Å². The zero-order valence-corrected chi connectivity index (χ0v) is 14.7. The molecule has 1 N–H and O–H groups in total. The van der Waals surface area contributed by atoms with Crippen molar-refractivity contribution in [2.45, 2.75) is 32.4 Å². The van der Waals surface area contributed by atoms with E-state index in [-0.39, 0.29) is 18.5 Å². The van der Waals surface area contributed by atoms with Gasteiger partial charge in [-0.1, -0.05) is 55.0 Å². The molecule has 0 aromatic heterocycles. The Labute approximate surface area is 147 Å². The van der Waals surface area contributed by atoms with Gasteiger partial charge in [-0.25, -0.2) is 4.79 Å². The van der Waals surface area contributed by atoms with Gasteiger partial charge in [-0.05, 0) is 25.0 Å². The number of hydrogen-bond donors (Lipinski definition) is 1. The molecule has 0 aliphatic carbocycles. The molecule has 2 aromatic carbocycles. The van der Waals surface area contributed by atoms with Crippen LogP contribution in [-0.2, 0) is 16.9 Å². The fourth-order valence-corrected chi connectivity index (χ4v) is 3.33. The number of amides is 3. The summed E-state index contributed by atoms with van der Waals surface area (Å²) < 4.78 is 5.37. The highest BCUT2D eigenvalue weighted by molar-refractivity contribution is 6.07. The molecule has 5 nitrogen and oxygen atoms in total. The fourth-order valence-electron chi connectivity index (χ4n) is 3.33. The quantitative estimate of drug-likeness (QED) is 0.851. The molecule has 5 heteroatoms. The van der Waals surface area contributed by atoms with Gasteiger partial charge in [0.1, 0.15) is 11.3 Å². The normalized spacial score (nSPS) is 19.9. The summed E-state index contributed by atoms with van der Waals surface area (Å²) in [5, 5.41) is 2.90. The zero-order chi connectivity index (χ0) is 18.0. The van der Waals surface area contributed by atoms with Gasteiger partial charge in [-0.2, -0.15) is 0 Å². The Hall–Kier alpha value is -2.82. The molecule has 1 atom stereocenters. The molecule has 1 saturated heterocycles. The number of benzene rings is 2. The molecule has 2 aromatic rings. The molecule has 0 radical (unpaired) electrons. The van der Waals surface area contributed by atoms with Gasteiger partial charge in [0.15, 0.2) is 0 Å². The van der Waals surface area contributed by atoms with Crippen LogP contribution in [0.2, 0.25) is 0 Å². The smallest absolute Gasteiger partial charge is 0.325 e. The number of carbonyl (C=O) groups is 2. The number of urea groups is 1. The minimum absolute atomic E-state index is 0.185. The number of ether oxygens (including phenoxy) is 1. The van der Waals surface area contributed by atoms with Crippen LogP contribution < -0.4 is 10.1 Å². The molecule has 0 spiro atoms. The van der Waals surface area contributed by atoms with Crippen LogP contribution in [0.25, 0.3) is 0 Å². The maximum absolute atomic E-state index is 13.2. The van der Waals surface area contributed by atoms with Gasteiger partial charge in [-0.15, -0.1) is 0 Å². The summed E-state index contributed by atoms with van der Waals surface area (Å²) in [5.74, 6) is 0.440. The number of methoxy groups -OCH3 is 1. The molecular formula is C20H22N2O3.